The molecule has 0 saturated carbocycles. The Kier molecular flexibility index (Phi) is 5.58. The van der Waals surface area contributed by atoms with Gasteiger partial charge in [-0.3, -0.25) is 9.15 Å². The van der Waals surface area contributed by atoms with E-state index in [9.17, 15) is 18.4 Å². The summed E-state index contributed by atoms with van der Waals surface area (Å²) in [6, 6.07) is 1.00. The fourth-order valence-corrected chi connectivity index (χ4v) is 6.33. The Balaban J connectivity index is 1.43. The SMILES string of the molecule is CN1CCC1CN(c1cnn(C)c1)S(=O)(=O)N([O-])C(=O)Nc1c2c(cc3c1CCC3)CCC2. The van der Waals surface area contributed by atoms with Crippen LogP contribution in [0.5, 0.6) is 0 Å². The smallest absolute Gasteiger partial charge is 0.326 e. The molecule has 1 aromatic heterocycles. The van der Waals surface area contributed by atoms with Gasteiger partial charge >= 0.3 is 16.2 Å². The van der Waals surface area contributed by atoms with Crippen LogP contribution in [0.25, 0.3) is 0 Å². The van der Waals surface area contributed by atoms with Crippen LogP contribution >= 0.6 is 0 Å². The zero-order chi connectivity index (χ0) is 23.3. The van der Waals surface area contributed by atoms with Crippen LogP contribution in [0.1, 0.15) is 41.5 Å². The third-order valence-corrected chi connectivity index (χ3v) is 8.65. The first kappa shape index (κ1) is 22.2. The number of nitrogens with one attached hydrogen (secondary N) is 1. The van der Waals surface area contributed by atoms with Gasteiger partial charge in [-0.15, -0.1) is 0 Å². The summed E-state index contributed by atoms with van der Waals surface area (Å²) in [5, 5.41) is 19.7. The fraction of sp³-hybridized carbons (Fsp3) is 0.545. The first-order chi connectivity index (χ1) is 15.8. The number of likely N-dealkylation sites (N-methyl/N-ethyl adjacent to an activating group) is 1. The predicted molar refractivity (Wildman–Crippen MR) is 125 cm³/mol. The van der Waals surface area contributed by atoms with E-state index in [0.29, 0.717) is 5.69 Å². The molecule has 33 heavy (non-hydrogen) atoms. The first-order valence-corrected chi connectivity index (χ1v) is 12.8. The van der Waals surface area contributed by atoms with Gasteiger partial charge in [0.1, 0.15) is 0 Å². The quantitative estimate of drug-likeness (QED) is 0.644. The standard InChI is InChI=1S/C22H29N6O4S/c1-25-10-9-17(25)14-27(18-12-23-26(2)13-18)33(31,32)28(30)22(29)24-21-19-7-3-5-15(19)11-16-6-4-8-20(16)21/h11-13,17H,3-10,14H2,1-2H3,(H,24,29)/q-1. The van der Waals surface area contributed by atoms with Gasteiger partial charge in [0.25, 0.3) is 0 Å². The average molecular weight is 474 g/mol. The molecular weight excluding hydrogens is 444 g/mol. The summed E-state index contributed by atoms with van der Waals surface area (Å²) in [6.07, 6.45) is 9.23. The van der Waals surface area contributed by atoms with Crippen molar-refractivity contribution in [2.75, 3.05) is 29.8 Å². The molecule has 3 aliphatic rings. The van der Waals surface area contributed by atoms with Crippen molar-refractivity contribution in [3.8, 4) is 0 Å². The lowest BCUT2D eigenvalue weighted by molar-refractivity contribution is 0.134. The molecule has 0 bridgehead atoms. The number of rotatable bonds is 6. The lowest BCUT2D eigenvalue weighted by Crippen LogP contribution is -2.55. The van der Waals surface area contributed by atoms with Crippen molar-refractivity contribution in [2.24, 2.45) is 7.05 Å². The molecule has 1 N–H and O–H groups in total. The molecule has 1 aliphatic heterocycles. The summed E-state index contributed by atoms with van der Waals surface area (Å²) in [5.41, 5.74) is 5.36. The summed E-state index contributed by atoms with van der Waals surface area (Å²) < 4.78 is 28.7. The third-order valence-electron chi connectivity index (χ3n) is 7.15. The average Bonchev–Trinajstić information content (AvgIpc) is 3.52. The van der Waals surface area contributed by atoms with E-state index in [4.69, 9.17) is 0 Å². The minimum atomic E-state index is -4.66. The van der Waals surface area contributed by atoms with Crippen LogP contribution in [-0.2, 0) is 42.9 Å². The van der Waals surface area contributed by atoms with Crippen LogP contribution in [0.2, 0.25) is 0 Å². The maximum absolute atomic E-state index is 13.3. The van der Waals surface area contributed by atoms with Gasteiger partial charge in [-0.1, -0.05) is 6.07 Å². The van der Waals surface area contributed by atoms with Gasteiger partial charge in [-0.05, 0) is 80.8 Å². The van der Waals surface area contributed by atoms with Crippen LogP contribution in [0.4, 0.5) is 16.2 Å². The highest BCUT2D eigenvalue weighted by Gasteiger charge is 2.35. The van der Waals surface area contributed by atoms with E-state index in [-0.39, 0.29) is 18.3 Å². The van der Waals surface area contributed by atoms with Gasteiger partial charge in [0.15, 0.2) is 0 Å². The van der Waals surface area contributed by atoms with Gasteiger partial charge in [0, 0.05) is 25.0 Å². The Morgan fingerprint density at radius 3 is 2.36 bits per heavy atom. The number of hydroxylamine groups is 1. The number of amides is 2. The molecule has 178 valence electrons. The molecule has 2 aliphatic carbocycles. The summed E-state index contributed by atoms with van der Waals surface area (Å²) in [7, 11) is -1.09. The Morgan fingerprint density at radius 2 is 1.85 bits per heavy atom. The molecule has 11 heteroatoms. The molecule has 1 atom stereocenters. The van der Waals surface area contributed by atoms with Crippen LogP contribution < -0.4 is 9.62 Å². The molecule has 2 aromatic rings. The molecule has 10 nitrogen and oxygen atoms in total. The van der Waals surface area contributed by atoms with Crippen LogP contribution in [0.3, 0.4) is 0 Å². The number of aryl methyl sites for hydroxylation is 3. The second-order valence-corrected chi connectivity index (χ2v) is 10.9. The van der Waals surface area contributed by atoms with Crippen LogP contribution in [0, 0.1) is 5.21 Å². The molecular formula is C22H29N6O4S-. The lowest BCUT2D eigenvalue weighted by atomic mass is 9.99. The number of hydrogen-bond acceptors (Lipinski definition) is 6. The van der Waals surface area contributed by atoms with Gasteiger partial charge in [-0.25, -0.2) is 9.10 Å². The number of benzene rings is 1. The van der Waals surface area contributed by atoms with Crippen LogP contribution in [-0.4, -0.2) is 59.8 Å². The minimum Gasteiger partial charge on any atom is -0.740 e. The van der Waals surface area contributed by atoms with Crippen molar-refractivity contribution >= 4 is 27.6 Å². The van der Waals surface area contributed by atoms with E-state index >= 15 is 0 Å². The highest BCUT2D eigenvalue weighted by molar-refractivity contribution is 7.91. The lowest BCUT2D eigenvalue weighted by Gasteiger charge is -2.42. The molecule has 1 fully saturated rings. The molecule has 0 spiro atoms. The normalized spacial score (nSPS) is 19.7. The van der Waals surface area contributed by atoms with Gasteiger partial charge in [0.05, 0.1) is 18.4 Å². The fourth-order valence-electron chi connectivity index (χ4n) is 5.18. The van der Waals surface area contributed by atoms with E-state index in [1.54, 1.807) is 7.05 Å². The van der Waals surface area contributed by atoms with E-state index in [0.717, 1.165) is 66.9 Å². The number of urea groups is 1. The van der Waals surface area contributed by atoms with E-state index < -0.39 is 20.7 Å². The number of fused-ring (bicyclic) bond motifs is 2. The molecule has 2 amide bonds. The van der Waals surface area contributed by atoms with Crippen molar-refractivity contribution in [1.29, 1.82) is 0 Å². The molecule has 5 rings (SSSR count). The number of likely N-dealkylation sites (tertiary alicyclic amines) is 1. The van der Waals surface area contributed by atoms with E-state index in [2.05, 4.69) is 16.5 Å². The summed E-state index contributed by atoms with van der Waals surface area (Å²) in [4.78, 5) is 15.0. The Bertz CT molecular complexity index is 1160. The Morgan fingerprint density at radius 1 is 1.18 bits per heavy atom. The number of anilines is 2. The maximum Gasteiger partial charge on any atom is 0.326 e. The summed E-state index contributed by atoms with van der Waals surface area (Å²) in [6.45, 7) is 0.935. The topological polar surface area (TPSA) is 114 Å². The van der Waals surface area contributed by atoms with Gasteiger partial charge in [-0.2, -0.15) is 13.5 Å². The third kappa shape index (κ3) is 3.87. The van der Waals surface area contributed by atoms with E-state index in [1.165, 1.54) is 28.2 Å². The van der Waals surface area contributed by atoms with E-state index in [1.807, 2.05) is 11.9 Å². The predicted octanol–water partition coefficient (Wildman–Crippen LogP) is 2.18. The van der Waals surface area contributed by atoms with Crippen LogP contribution in [0.15, 0.2) is 18.5 Å². The number of hydrogen-bond donors (Lipinski definition) is 1. The first-order valence-electron chi connectivity index (χ1n) is 11.4. The highest BCUT2D eigenvalue weighted by Crippen LogP contribution is 2.39. The molecule has 1 unspecified atom stereocenters. The van der Waals surface area contributed by atoms with Crippen molar-refractivity contribution in [3.05, 3.63) is 45.9 Å². The zero-order valence-electron chi connectivity index (χ0n) is 19.0. The minimum absolute atomic E-state index is 0.0305. The van der Waals surface area contributed by atoms with Crippen molar-refractivity contribution < 1.29 is 13.2 Å². The molecule has 1 saturated heterocycles. The second-order valence-electron chi connectivity index (χ2n) is 9.23. The van der Waals surface area contributed by atoms with Crippen molar-refractivity contribution in [1.82, 2.24) is 19.1 Å². The molecule has 1 aromatic carbocycles. The van der Waals surface area contributed by atoms with Crippen molar-refractivity contribution in [3.63, 3.8) is 0 Å². The number of carbonyl (C=O) groups excluding carboxylic acids is 1. The molecule has 0 radical (unpaired) electrons. The largest absolute Gasteiger partial charge is 0.740 e. The Hall–Kier alpha value is -2.63. The molecule has 2 heterocycles. The monoisotopic (exact) mass is 473 g/mol. The maximum atomic E-state index is 13.3. The summed E-state index contributed by atoms with van der Waals surface area (Å²) >= 11 is 0. The number of nitrogens with zero attached hydrogens (tertiary/aromatic N) is 5. The highest BCUT2D eigenvalue weighted by atomic mass is 32.2. The zero-order valence-corrected chi connectivity index (χ0v) is 19.8. The second kappa shape index (κ2) is 8.30. The Labute approximate surface area is 193 Å². The summed E-state index contributed by atoms with van der Waals surface area (Å²) in [5.74, 6) is 0. The van der Waals surface area contributed by atoms with Gasteiger partial charge in [0.2, 0.25) is 0 Å². The number of aromatic nitrogens is 2. The van der Waals surface area contributed by atoms with Crippen molar-refractivity contribution in [2.45, 2.75) is 51.0 Å². The number of carbonyl (C=O) groups is 1. The van der Waals surface area contributed by atoms with Gasteiger partial charge < -0.3 is 15.4 Å².